The van der Waals surface area contributed by atoms with Gasteiger partial charge in [0.1, 0.15) is 0 Å². The molecule has 23 heavy (non-hydrogen) atoms. The number of nitrogens with one attached hydrogen (secondary N) is 1. The molecule has 2 aromatic rings. The van der Waals surface area contributed by atoms with Crippen LogP contribution in [0.25, 0.3) is 0 Å². The lowest BCUT2D eigenvalue weighted by molar-refractivity contribution is -0.0598. The van der Waals surface area contributed by atoms with Crippen LogP contribution in [0.1, 0.15) is 36.0 Å². The fourth-order valence-corrected chi connectivity index (χ4v) is 2.55. The molecule has 0 aliphatic rings. The summed E-state index contributed by atoms with van der Waals surface area (Å²) < 4.78 is 0. The molecule has 0 saturated carbocycles. The molecule has 2 amide bonds. The summed E-state index contributed by atoms with van der Waals surface area (Å²) in [7, 11) is 3.02. The highest BCUT2D eigenvalue weighted by Crippen LogP contribution is 2.28. The van der Waals surface area contributed by atoms with Crippen molar-refractivity contribution in [2.24, 2.45) is 0 Å². The van der Waals surface area contributed by atoms with Crippen LogP contribution < -0.4 is 5.32 Å². The van der Waals surface area contributed by atoms with Crippen molar-refractivity contribution in [1.29, 1.82) is 0 Å². The van der Waals surface area contributed by atoms with Gasteiger partial charge in [-0.3, -0.25) is 4.84 Å². The van der Waals surface area contributed by atoms with Crippen LogP contribution in [0, 0.1) is 6.92 Å². The zero-order chi connectivity index (χ0) is 16.8. The third kappa shape index (κ3) is 4.33. The number of benzene rings is 2. The second-order valence-corrected chi connectivity index (χ2v) is 5.60. The van der Waals surface area contributed by atoms with E-state index in [1.54, 1.807) is 7.05 Å². The highest BCUT2D eigenvalue weighted by molar-refractivity contribution is 5.88. The highest BCUT2D eigenvalue weighted by atomic mass is 16.7. The molecule has 0 fully saturated rings. The number of hydrogen-bond donors (Lipinski definition) is 1. The molecule has 2 rings (SSSR count). The SMILES string of the molecule is CCC(c1ccc(C)cc1)c1ccc(NC(=O)N(C)OC)cc1. The normalized spacial score (nSPS) is 11.8. The van der Waals surface area contributed by atoms with Crippen LogP contribution in [0.5, 0.6) is 0 Å². The van der Waals surface area contributed by atoms with Gasteiger partial charge in [0.15, 0.2) is 0 Å². The third-order valence-electron chi connectivity index (χ3n) is 4.01. The minimum atomic E-state index is -0.300. The maximum Gasteiger partial charge on any atom is 0.345 e. The van der Waals surface area contributed by atoms with Gasteiger partial charge < -0.3 is 5.32 Å². The highest BCUT2D eigenvalue weighted by Gasteiger charge is 2.13. The molecular formula is C19H24N2O2. The summed E-state index contributed by atoms with van der Waals surface area (Å²) in [5, 5.41) is 3.93. The van der Waals surface area contributed by atoms with Crippen LogP contribution in [0.3, 0.4) is 0 Å². The Balaban J connectivity index is 2.14. The van der Waals surface area contributed by atoms with Gasteiger partial charge in [0.05, 0.1) is 7.11 Å². The molecule has 4 heteroatoms. The number of rotatable bonds is 5. The predicted octanol–water partition coefficient (Wildman–Crippen LogP) is 4.56. The molecule has 0 aliphatic carbocycles. The monoisotopic (exact) mass is 312 g/mol. The number of hydroxylamine groups is 2. The minimum absolute atomic E-state index is 0.300. The molecule has 1 N–H and O–H groups in total. The Hall–Kier alpha value is -2.33. The van der Waals surface area contributed by atoms with Crippen LogP contribution in [0.2, 0.25) is 0 Å². The van der Waals surface area contributed by atoms with Gasteiger partial charge in [0.25, 0.3) is 0 Å². The Bertz CT molecular complexity index is 635. The second kappa shape index (κ2) is 7.79. The number of carbonyl (C=O) groups excluding carboxylic acids is 1. The maximum atomic E-state index is 11.8. The standard InChI is InChI=1S/C19H24N2O2/c1-5-18(15-8-6-14(2)7-9-15)16-10-12-17(13-11-16)20-19(22)21(3)23-4/h6-13,18H,5H2,1-4H3,(H,20,22). The summed E-state index contributed by atoms with van der Waals surface area (Å²) in [6.07, 6.45) is 1.03. The molecule has 0 heterocycles. The molecule has 2 aromatic carbocycles. The van der Waals surface area contributed by atoms with E-state index in [2.05, 4.69) is 55.6 Å². The number of carbonyl (C=O) groups is 1. The van der Waals surface area contributed by atoms with E-state index in [4.69, 9.17) is 4.84 Å². The lowest BCUT2D eigenvalue weighted by Gasteiger charge is -2.18. The van der Waals surface area contributed by atoms with Gasteiger partial charge in [-0.15, -0.1) is 0 Å². The fraction of sp³-hybridized carbons (Fsp3) is 0.316. The molecule has 0 aliphatic heterocycles. The summed E-state index contributed by atoms with van der Waals surface area (Å²) >= 11 is 0. The Morgan fingerprint density at radius 3 is 2.09 bits per heavy atom. The van der Waals surface area contributed by atoms with Crippen LogP contribution in [0.4, 0.5) is 10.5 Å². The zero-order valence-corrected chi connectivity index (χ0v) is 14.2. The van der Waals surface area contributed by atoms with Crippen molar-refractivity contribution in [2.75, 3.05) is 19.5 Å². The van der Waals surface area contributed by atoms with Crippen LogP contribution >= 0.6 is 0 Å². The first-order valence-electron chi connectivity index (χ1n) is 7.80. The van der Waals surface area contributed by atoms with Crippen molar-refractivity contribution in [3.05, 3.63) is 65.2 Å². The molecule has 1 unspecified atom stereocenters. The average Bonchev–Trinajstić information content (AvgIpc) is 2.57. The Morgan fingerprint density at radius 1 is 1.09 bits per heavy atom. The van der Waals surface area contributed by atoms with E-state index in [0.29, 0.717) is 5.92 Å². The number of aryl methyl sites for hydroxylation is 1. The average molecular weight is 312 g/mol. The Labute approximate surface area is 138 Å². The second-order valence-electron chi connectivity index (χ2n) is 5.60. The molecule has 0 bridgehead atoms. The summed E-state index contributed by atoms with van der Waals surface area (Å²) in [6.45, 7) is 4.28. The zero-order valence-electron chi connectivity index (χ0n) is 14.2. The van der Waals surface area contributed by atoms with Gasteiger partial charge in [-0.2, -0.15) is 0 Å². The van der Waals surface area contributed by atoms with E-state index in [0.717, 1.165) is 17.2 Å². The topological polar surface area (TPSA) is 41.6 Å². The number of hydrogen-bond acceptors (Lipinski definition) is 2. The first kappa shape index (κ1) is 17.0. The number of nitrogens with zero attached hydrogens (tertiary/aromatic N) is 1. The first-order chi connectivity index (χ1) is 11.0. The smallest absolute Gasteiger partial charge is 0.306 e. The van der Waals surface area contributed by atoms with Crippen LogP contribution in [-0.2, 0) is 4.84 Å². The van der Waals surface area contributed by atoms with E-state index in [9.17, 15) is 4.79 Å². The number of anilines is 1. The summed E-state index contributed by atoms with van der Waals surface area (Å²) in [5.41, 5.74) is 4.58. The van der Waals surface area contributed by atoms with E-state index < -0.39 is 0 Å². The van der Waals surface area contributed by atoms with E-state index in [1.165, 1.54) is 23.8 Å². The van der Waals surface area contributed by atoms with Crippen molar-refractivity contribution in [3.8, 4) is 0 Å². The van der Waals surface area contributed by atoms with Crippen molar-refractivity contribution in [3.63, 3.8) is 0 Å². The van der Waals surface area contributed by atoms with Crippen molar-refractivity contribution in [2.45, 2.75) is 26.2 Å². The largest absolute Gasteiger partial charge is 0.345 e. The molecule has 0 saturated heterocycles. The molecule has 1 atom stereocenters. The summed E-state index contributed by atoms with van der Waals surface area (Å²) in [4.78, 5) is 16.6. The van der Waals surface area contributed by atoms with E-state index >= 15 is 0 Å². The lowest BCUT2D eigenvalue weighted by atomic mass is 9.89. The molecular weight excluding hydrogens is 288 g/mol. The predicted molar refractivity (Wildman–Crippen MR) is 93.5 cm³/mol. The third-order valence-corrected chi connectivity index (χ3v) is 4.01. The Kier molecular flexibility index (Phi) is 5.77. The van der Waals surface area contributed by atoms with Gasteiger partial charge in [0, 0.05) is 18.7 Å². The van der Waals surface area contributed by atoms with Gasteiger partial charge in [0.2, 0.25) is 0 Å². The molecule has 0 radical (unpaired) electrons. The summed E-state index contributed by atoms with van der Waals surface area (Å²) in [6, 6.07) is 16.3. The van der Waals surface area contributed by atoms with Gasteiger partial charge in [-0.25, -0.2) is 9.86 Å². The number of urea groups is 1. The lowest BCUT2D eigenvalue weighted by Crippen LogP contribution is -2.30. The van der Waals surface area contributed by atoms with Gasteiger partial charge in [-0.1, -0.05) is 48.9 Å². The Morgan fingerprint density at radius 2 is 1.61 bits per heavy atom. The van der Waals surface area contributed by atoms with Gasteiger partial charge in [-0.05, 0) is 36.6 Å². The van der Waals surface area contributed by atoms with E-state index in [1.807, 2.05) is 12.1 Å². The fourth-order valence-electron chi connectivity index (χ4n) is 2.55. The first-order valence-corrected chi connectivity index (χ1v) is 7.80. The molecule has 0 spiro atoms. The van der Waals surface area contributed by atoms with Crippen molar-refractivity contribution >= 4 is 11.7 Å². The quantitative estimate of drug-likeness (QED) is 0.822. The molecule has 4 nitrogen and oxygen atoms in total. The molecule has 0 aromatic heterocycles. The summed E-state index contributed by atoms with van der Waals surface area (Å²) in [5.74, 6) is 0.363. The van der Waals surface area contributed by atoms with E-state index in [-0.39, 0.29) is 6.03 Å². The van der Waals surface area contributed by atoms with Crippen LogP contribution in [0.15, 0.2) is 48.5 Å². The molecule has 122 valence electrons. The maximum absolute atomic E-state index is 11.8. The van der Waals surface area contributed by atoms with Crippen LogP contribution in [-0.4, -0.2) is 25.3 Å². The minimum Gasteiger partial charge on any atom is -0.306 e. The number of amides is 2. The van der Waals surface area contributed by atoms with Crippen molar-refractivity contribution < 1.29 is 9.63 Å². The van der Waals surface area contributed by atoms with Crippen molar-refractivity contribution in [1.82, 2.24) is 5.06 Å². The van der Waals surface area contributed by atoms with Gasteiger partial charge >= 0.3 is 6.03 Å².